The van der Waals surface area contributed by atoms with Crippen molar-refractivity contribution in [3.63, 3.8) is 0 Å². The lowest BCUT2D eigenvalue weighted by atomic mass is 9.68. The summed E-state index contributed by atoms with van der Waals surface area (Å²) >= 11 is 0. The van der Waals surface area contributed by atoms with Crippen molar-refractivity contribution >= 4 is 38.6 Å². The molecule has 9 aromatic carbocycles. The standard InChI is InChI=1S/C51H35N/c1-3-21-40(22-4-1)51(41-23-5-2-6-24-41)45-28-13-11-27-44(45)50-46(51)29-16-32-49(50)52(48-31-15-20-37-18-9-10-25-42(37)48)47-30-14-12-26-43(47)39-34-33-36-17-7-8-19-38(36)35-39/h1-35H. The maximum absolute atomic E-state index is 2.52. The molecule has 0 amide bonds. The summed E-state index contributed by atoms with van der Waals surface area (Å²) in [7, 11) is 0. The van der Waals surface area contributed by atoms with E-state index in [0.29, 0.717) is 0 Å². The van der Waals surface area contributed by atoms with E-state index in [1.165, 1.54) is 66.1 Å². The van der Waals surface area contributed by atoms with Gasteiger partial charge in [-0.05, 0) is 73.8 Å². The largest absolute Gasteiger partial charge is 0.309 e. The van der Waals surface area contributed by atoms with E-state index in [1.54, 1.807) is 0 Å². The van der Waals surface area contributed by atoms with Gasteiger partial charge in [-0.1, -0.05) is 188 Å². The van der Waals surface area contributed by atoms with Gasteiger partial charge < -0.3 is 4.90 Å². The predicted octanol–water partition coefficient (Wildman–Crippen LogP) is 13.5. The Bertz CT molecular complexity index is 2700. The van der Waals surface area contributed by atoms with Crippen molar-refractivity contribution in [2.75, 3.05) is 4.90 Å². The number of rotatable bonds is 6. The lowest BCUT2D eigenvalue weighted by Gasteiger charge is -2.35. The Hall–Kier alpha value is -6.70. The first kappa shape index (κ1) is 30.2. The molecule has 1 aliphatic carbocycles. The summed E-state index contributed by atoms with van der Waals surface area (Å²) in [5.41, 5.74) is 12.9. The topological polar surface area (TPSA) is 3.24 Å². The number of anilines is 3. The van der Waals surface area contributed by atoms with Crippen LogP contribution in [0.25, 0.3) is 43.8 Å². The highest BCUT2D eigenvalue weighted by Gasteiger charge is 2.47. The van der Waals surface area contributed by atoms with Crippen LogP contribution in [0, 0.1) is 0 Å². The van der Waals surface area contributed by atoms with Gasteiger partial charge in [-0.25, -0.2) is 0 Å². The van der Waals surface area contributed by atoms with E-state index in [-0.39, 0.29) is 0 Å². The quantitative estimate of drug-likeness (QED) is 0.171. The van der Waals surface area contributed by atoms with Gasteiger partial charge in [-0.3, -0.25) is 0 Å². The van der Waals surface area contributed by atoms with Crippen molar-refractivity contribution in [2.24, 2.45) is 0 Å². The molecule has 0 bridgehead atoms. The van der Waals surface area contributed by atoms with Gasteiger partial charge >= 0.3 is 0 Å². The number of para-hydroxylation sites is 1. The van der Waals surface area contributed by atoms with Gasteiger partial charge in [0.25, 0.3) is 0 Å². The molecule has 10 rings (SSSR count). The molecule has 1 nitrogen and oxygen atoms in total. The van der Waals surface area contributed by atoms with E-state index in [0.717, 1.165) is 17.1 Å². The third kappa shape index (κ3) is 4.56. The van der Waals surface area contributed by atoms with E-state index in [4.69, 9.17) is 0 Å². The average Bonchev–Trinajstić information content (AvgIpc) is 3.53. The minimum atomic E-state index is -0.493. The van der Waals surface area contributed by atoms with Gasteiger partial charge in [0.05, 0.1) is 22.5 Å². The van der Waals surface area contributed by atoms with Gasteiger partial charge in [-0.2, -0.15) is 0 Å². The summed E-state index contributed by atoms with van der Waals surface area (Å²) in [6.07, 6.45) is 0. The maximum Gasteiger partial charge on any atom is 0.0714 e. The lowest BCUT2D eigenvalue weighted by molar-refractivity contribution is 0.768. The Kier molecular flexibility index (Phi) is 7.11. The third-order valence-corrected chi connectivity index (χ3v) is 10.9. The minimum Gasteiger partial charge on any atom is -0.309 e. The van der Waals surface area contributed by atoms with Crippen LogP contribution in [0.3, 0.4) is 0 Å². The van der Waals surface area contributed by atoms with Crippen molar-refractivity contribution in [1.82, 2.24) is 0 Å². The molecule has 0 heterocycles. The Labute approximate surface area is 304 Å². The van der Waals surface area contributed by atoms with Crippen LogP contribution in [0.1, 0.15) is 22.3 Å². The van der Waals surface area contributed by atoms with E-state index >= 15 is 0 Å². The van der Waals surface area contributed by atoms with Crippen LogP contribution in [-0.2, 0) is 5.41 Å². The molecule has 0 saturated carbocycles. The lowest BCUT2D eigenvalue weighted by Crippen LogP contribution is -2.28. The summed E-state index contributed by atoms with van der Waals surface area (Å²) in [6.45, 7) is 0. The van der Waals surface area contributed by atoms with E-state index in [9.17, 15) is 0 Å². The fourth-order valence-electron chi connectivity index (χ4n) is 8.72. The summed E-state index contributed by atoms with van der Waals surface area (Å²) in [4.78, 5) is 2.52. The molecule has 244 valence electrons. The fourth-order valence-corrected chi connectivity index (χ4v) is 8.72. The first-order valence-electron chi connectivity index (χ1n) is 18.0. The van der Waals surface area contributed by atoms with Gasteiger partial charge in [0.15, 0.2) is 0 Å². The van der Waals surface area contributed by atoms with Crippen LogP contribution in [0.15, 0.2) is 212 Å². The van der Waals surface area contributed by atoms with Crippen LogP contribution in [0.4, 0.5) is 17.1 Å². The molecule has 0 unspecified atom stereocenters. The van der Waals surface area contributed by atoms with Gasteiger partial charge in [0.2, 0.25) is 0 Å². The molecule has 52 heavy (non-hydrogen) atoms. The molecule has 0 spiro atoms. The Balaban J connectivity index is 1.32. The molecule has 1 heteroatoms. The van der Waals surface area contributed by atoms with Crippen LogP contribution in [-0.4, -0.2) is 0 Å². The van der Waals surface area contributed by atoms with Crippen LogP contribution >= 0.6 is 0 Å². The summed E-state index contributed by atoms with van der Waals surface area (Å²) in [5.74, 6) is 0. The summed E-state index contributed by atoms with van der Waals surface area (Å²) < 4.78 is 0. The highest BCUT2D eigenvalue weighted by molar-refractivity contribution is 6.05. The molecule has 0 aliphatic heterocycles. The van der Waals surface area contributed by atoms with Crippen molar-refractivity contribution in [3.05, 3.63) is 235 Å². The van der Waals surface area contributed by atoms with E-state index in [2.05, 4.69) is 217 Å². The highest BCUT2D eigenvalue weighted by atomic mass is 15.1. The Morgan fingerprint density at radius 1 is 0.327 bits per heavy atom. The number of hydrogen-bond donors (Lipinski definition) is 0. The maximum atomic E-state index is 2.52. The van der Waals surface area contributed by atoms with Crippen LogP contribution in [0.5, 0.6) is 0 Å². The first-order chi connectivity index (χ1) is 25.8. The molecule has 0 atom stereocenters. The van der Waals surface area contributed by atoms with Crippen molar-refractivity contribution in [1.29, 1.82) is 0 Å². The normalized spacial score (nSPS) is 12.8. The molecule has 0 fully saturated rings. The number of hydrogen-bond acceptors (Lipinski definition) is 1. The Morgan fingerprint density at radius 2 is 0.865 bits per heavy atom. The SMILES string of the molecule is c1ccc(C2(c3ccccc3)c3ccccc3-c3c(N(c4ccccc4-c4ccc5ccccc5c4)c4cccc5ccccc45)cccc32)cc1. The van der Waals surface area contributed by atoms with Gasteiger partial charge in [0, 0.05) is 16.5 Å². The third-order valence-electron chi connectivity index (χ3n) is 10.9. The van der Waals surface area contributed by atoms with Crippen molar-refractivity contribution in [3.8, 4) is 22.3 Å². The second-order valence-corrected chi connectivity index (χ2v) is 13.6. The van der Waals surface area contributed by atoms with Crippen LogP contribution in [0.2, 0.25) is 0 Å². The van der Waals surface area contributed by atoms with Crippen molar-refractivity contribution < 1.29 is 0 Å². The molecule has 9 aromatic rings. The second kappa shape index (κ2) is 12.3. The highest BCUT2D eigenvalue weighted by Crippen LogP contribution is 2.60. The Morgan fingerprint density at radius 3 is 1.65 bits per heavy atom. The number of nitrogens with zero attached hydrogens (tertiary/aromatic N) is 1. The zero-order valence-corrected chi connectivity index (χ0v) is 28.7. The molecule has 0 radical (unpaired) electrons. The minimum absolute atomic E-state index is 0.493. The zero-order valence-electron chi connectivity index (χ0n) is 28.7. The zero-order chi connectivity index (χ0) is 34.5. The summed E-state index contributed by atoms with van der Waals surface area (Å²) in [5, 5.41) is 4.89. The molecule has 1 aliphatic rings. The molecule has 0 saturated heterocycles. The van der Waals surface area contributed by atoms with Gasteiger partial charge in [0.1, 0.15) is 0 Å². The first-order valence-corrected chi connectivity index (χ1v) is 18.0. The summed E-state index contributed by atoms with van der Waals surface area (Å²) in [6, 6.07) is 77.9. The molecule has 0 N–H and O–H groups in total. The molecule has 0 aromatic heterocycles. The van der Waals surface area contributed by atoms with Gasteiger partial charge in [-0.15, -0.1) is 0 Å². The molecular weight excluding hydrogens is 627 g/mol. The molecular formula is C51H35N. The van der Waals surface area contributed by atoms with Crippen LogP contribution < -0.4 is 4.90 Å². The monoisotopic (exact) mass is 661 g/mol. The predicted molar refractivity (Wildman–Crippen MR) is 219 cm³/mol. The smallest absolute Gasteiger partial charge is 0.0714 e. The van der Waals surface area contributed by atoms with E-state index < -0.39 is 5.41 Å². The second-order valence-electron chi connectivity index (χ2n) is 13.6. The fraction of sp³-hybridized carbons (Fsp3) is 0.0196. The number of fused-ring (bicyclic) bond motifs is 5. The van der Waals surface area contributed by atoms with Crippen molar-refractivity contribution in [2.45, 2.75) is 5.41 Å². The average molecular weight is 662 g/mol. The number of benzene rings is 9. The van der Waals surface area contributed by atoms with E-state index in [1.807, 2.05) is 0 Å².